The van der Waals surface area contributed by atoms with Gasteiger partial charge >= 0.3 is 0 Å². The molecular weight excluding hydrogens is 453 g/mol. The van der Waals surface area contributed by atoms with Crippen molar-refractivity contribution in [2.24, 2.45) is 10.4 Å². The minimum absolute atomic E-state index is 0. The Hall–Kier alpha value is -1.02. The summed E-state index contributed by atoms with van der Waals surface area (Å²) in [7, 11) is 1.73. The van der Waals surface area contributed by atoms with Gasteiger partial charge in [-0.1, -0.05) is 17.7 Å². The van der Waals surface area contributed by atoms with E-state index in [4.69, 9.17) is 14.5 Å². The first-order chi connectivity index (χ1) is 12.6. The second-order valence-corrected chi connectivity index (χ2v) is 7.13. The van der Waals surface area contributed by atoms with Crippen molar-refractivity contribution < 1.29 is 9.47 Å². The summed E-state index contributed by atoms with van der Waals surface area (Å²) in [5.74, 6) is 1.86. The summed E-state index contributed by atoms with van der Waals surface area (Å²) in [5.41, 5.74) is 2.86. The monoisotopic (exact) mass is 489 g/mol. The molecule has 0 unspecified atom stereocenters. The Balaban J connectivity index is 0.00000364. The van der Waals surface area contributed by atoms with E-state index in [9.17, 15) is 0 Å². The van der Waals surface area contributed by atoms with E-state index >= 15 is 0 Å². The highest BCUT2D eigenvalue weighted by Gasteiger charge is 2.41. The number of hydrogen-bond acceptors (Lipinski definition) is 3. The van der Waals surface area contributed by atoms with Gasteiger partial charge in [0, 0.05) is 32.8 Å². The lowest BCUT2D eigenvalue weighted by molar-refractivity contribution is 0.129. The van der Waals surface area contributed by atoms with Crippen molar-refractivity contribution in [2.45, 2.75) is 46.5 Å². The van der Waals surface area contributed by atoms with Crippen LogP contribution in [0.25, 0.3) is 0 Å². The minimum atomic E-state index is 0. The Kier molecular flexibility index (Phi) is 11.1. The molecule has 1 aliphatic carbocycles. The largest absolute Gasteiger partial charge is 0.496 e. The molecule has 0 spiro atoms. The van der Waals surface area contributed by atoms with Gasteiger partial charge in [-0.3, -0.25) is 4.99 Å². The van der Waals surface area contributed by atoms with Gasteiger partial charge in [-0.2, -0.15) is 0 Å². The van der Waals surface area contributed by atoms with Crippen LogP contribution in [0.1, 0.15) is 44.2 Å². The van der Waals surface area contributed by atoms with Gasteiger partial charge in [-0.25, -0.2) is 0 Å². The zero-order chi connectivity index (χ0) is 18.8. The highest BCUT2D eigenvalue weighted by molar-refractivity contribution is 14.0. The molecule has 6 heteroatoms. The number of guanidine groups is 1. The van der Waals surface area contributed by atoms with Gasteiger partial charge in [0.15, 0.2) is 5.96 Å². The molecule has 2 rings (SSSR count). The maximum absolute atomic E-state index is 5.52. The van der Waals surface area contributed by atoms with Crippen molar-refractivity contribution in [3.8, 4) is 5.75 Å². The molecule has 0 bridgehead atoms. The molecule has 0 aliphatic heterocycles. The average Bonchev–Trinajstić information content (AvgIpc) is 3.40. The molecule has 0 radical (unpaired) electrons. The molecule has 0 atom stereocenters. The van der Waals surface area contributed by atoms with E-state index in [1.807, 2.05) is 13.0 Å². The Morgan fingerprint density at radius 3 is 2.63 bits per heavy atom. The molecule has 1 aromatic rings. The molecule has 1 aromatic carbocycles. The molecule has 0 saturated heterocycles. The van der Waals surface area contributed by atoms with Gasteiger partial charge in [0.1, 0.15) is 5.75 Å². The molecule has 5 nitrogen and oxygen atoms in total. The fourth-order valence-electron chi connectivity index (χ4n) is 3.10. The van der Waals surface area contributed by atoms with Crippen LogP contribution in [0.3, 0.4) is 0 Å². The number of benzene rings is 1. The Labute approximate surface area is 181 Å². The van der Waals surface area contributed by atoms with E-state index in [1.165, 1.54) is 24.0 Å². The predicted molar refractivity (Wildman–Crippen MR) is 124 cm³/mol. The van der Waals surface area contributed by atoms with Crippen LogP contribution in [0.4, 0.5) is 0 Å². The van der Waals surface area contributed by atoms with Crippen molar-refractivity contribution >= 4 is 29.9 Å². The van der Waals surface area contributed by atoms with Gasteiger partial charge in [-0.15, -0.1) is 24.0 Å². The molecule has 0 aromatic heterocycles. The third-order valence-corrected chi connectivity index (χ3v) is 4.98. The second kappa shape index (κ2) is 12.4. The number of methoxy groups -OCH3 is 1. The van der Waals surface area contributed by atoms with Gasteiger partial charge < -0.3 is 20.1 Å². The number of rotatable bonds is 11. The maximum Gasteiger partial charge on any atom is 0.191 e. The van der Waals surface area contributed by atoms with Crippen molar-refractivity contribution in [1.82, 2.24) is 10.6 Å². The number of nitrogens with zero attached hydrogens (tertiary/aromatic N) is 1. The molecule has 154 valence electrons. The maximum atomic E-state index is 5.52. The SMILES string of the molecule is CCNC(=NCC1(CCOCC)CC1)NCCc1cc(C)ccc1OC.I. The van der Waals surface area contributed by atoms with Crippen LogP contribution >= 0.6 is 24.0 Å². The zero-order valence-corrected chi connectivity index (χ0v) is 19.6. The highest BCUT2D eigenvalue weighted by atomic mass is 127. The van der Waals surface area contributed by atoms with Crippen molar-refractivity contribution in [1.29, 1.82) is 0 Å². The van der Waals surface area contributed by atoms with Crippen LogP contribution < -0.4 is 15.4 Å². The Morgan fingerprint density at radius 1 is 1.22 bits per heavy atom. The minimum Gasteiger partial charge on any atom is -0.496 e. The van der Waals surface area contributed by atoms with Gasteiger partial charge in [0.25, 0.3) is 0 Å². The van der Waals surface area contributed by atoms with Crippen LogP contribution in [0, 0.1) is 12.3 Å². The molecule has 0 amide bonds. The van der Waals surface area contributed by atoms with E-state index in [0.717, 1.165) is 57.4 Å². The number of hydrogen-bond donors (Lipinski definition) is 2. The fourth-order valence-corrected chi connectivity index (χ4v) is 3.10. The molecule has 2 N–H and O–H groups in total. The molecule has 1 fully saturated rings. The first kappa shape index (κ1) is 24.0. The first-order valence-corrected chi connectivity index (χ1v) is 9.86. The van der Waals surface area contributed by atoms with Crippen molar-refractivity contribution in [2.75, 3.05) is 40.0 Å². The first-order valence-electron chi connectivity index (χ1n) is 9.86. The molecule has 1 aliphatic rings. The summed E-state index contributed by atoms with van der Waals surface area (Å²) in [6.07, 6.45) is 4.56. The summed E-state index contributed by atoms with van der Waals surface area (Å²) in [6, 6.07) is 6.31. The van der Waals surface area contributed by atoms with Crippen molar-refractivity contribution in [3.05, 3.63) is 29.3 Å². The standard InChI is InChI=1S/C21H35N3O2.HI/c1-5-22-20(24-16-21(10-11-21)12-14-26-6-2)23-13-9-18-15-17(3)7-8-19(18)25-4;/h7-8,15H,5-6,9-14,16H2,1-4H3,(H2,22,23,24);1H. The van der Waals surface area contributed by atoms with E-state index in [-0.39, 0.29) is 24.0 Å². The lowest BCUT2D eigenvalue weighted by atomic mass is 10.0. The summed E-state index contributed by atoms with van der Waals surface area (Å²) in [5, 5.41) is 6.81. The van der Waals surface area contributed by atoms with Crippen LogP contribution in [0.2, 0.25) is 0 Å². The van der Waals surface area contributed by atoms with Gasteiger partial charge in [0.05, 0.1) is 7.11 Å². The Morgan fingerprint density at radius 2 is 2.00 bits per heavy atom. The summed E-state index contributed by atoms with van der Waals surface area (Å²) >= 11 is 0. The molecule has 1 saturated carbocycles. The van der Waals surface area contributed by atoms with Crippen LogP contribution in [0.5, 0.6) is 5.75 Å². The van der Waals surface area contributed by atoms with Crippen LogP contribution in [-0.4, -0.2) is 45.9 Å². The molecular formula is C21H36IN3O2. The lowest BCUT2D eigenvalue weighted by Gasteiger charge is -2.16. The van der Waals surface area contributed by atoms with E-state index < -0.39 is 0 Å². The van der Waals surface area contributed by atoms with Crippen molar-refractivity contribution in [3.63, 3.8) is 0 Å². The number of halogens is 1. The number of aliphatic imine (C=N–C) groups is 1. The predicted octanol–water partition coefficient (Wildman–Crippen LogP) is 3.93. The Bertz CT molecular complexity index is 589. The smallest absolute Gasteiger partial charge is 0.191 e. The third-order valence-electron chi connectivity index (χ3n) is 4.98. The zero-order valence-electron chi connectivity index (χ0n) is 17.3. The molecule has 0 heterocycles. The average molecular weight is 489 g/mol. The van der Waals surface area contributed by atoms with Crippen LogP contribution in [0.15, 0.2) is 23.2 Å². The van der Waals surface area contributed by atoms with E-state index in [1.54, 1.807) is 7.11 Å². The van der Waals surface area contributed by atoms with Gasteiger partial charge in [0.2, 0.25) is 0 Å². The number of ether oxygens (including phenoxy) is 2. The van der Waals surface area contributed by atoms with Crippen LogP contribution in [-0.2, 0) is 11.2 Å². The lowest BCUT2D eigenvalue weighted by Crippen LogP contribution is -2.38. The summed E-state index contributed by atoms with van der Waals surface area (Å²) in [4.78, 5) is 4.83. The third kappa shape index (κ3) is 8.25. The second-order valence-electron chi connectivity index (χ2n) is 7.13. The van der Waals surface area contributed by atoms with E-state index in [2.05, 4.69) is 36.6 Å². The topological polar surface area (TPSA) is 54.9 Å². The number of aryl methyl sites for hydroxylation is 1. The quantitative estimate of drug-likeness (QED) is 0.214. The van der Waals surface area contributed by atoms with Gasteiger partial charge in [-0.05, 0) is 63.5 Å². The fraction of sp³-hybridized carbons (Fsp3) is 0.667. The molecule has 27 heavy (non-hydrogen) atoms. The highest BCUT2D eigenvalue weighted by Crippen LogP contribution is 2.48. The normalized spacial score (nSPS) is 15.0. The summed E-state index contributed by atoms with van der Waals surface area (Å²) < 4.78 is 11.0. The van der Waals surface area contributed by atoms with E-state index in [0.29, 0.717) is 5.41 Å². The summed E-state index contributed by atoms with van der Waals surface area (Å²) in [6.45, 7) is 10.5. The number of nitrogens with one attached hydrogen (secondary N) is 2.